The first-order valence-electron chi connectivity index (χ1n) is 8.70. The number of carbonyl (C=O) groups excluding carboxylic acids is 1. The van der Waals surface area contributed by atoms with Crippen LogP contribution in [0.2, 0.25) is 0 Å². The Morgan fingerprint density at radius 1 is 0.750 bits per heavy atom. The number of nitrogens with two attached hydrogens (primary N) is 1. The minimum Gasteiger partial charge on any atom is -0.370 e. The van der Waals surface area contributed by atoms with Gasteiger partial charge < -0.3 is 5.73 Å². The predicted octanol–water partition coefficient (Wildman–Crippen LogP) is 5.51. The molecule has 0 aromatic heterocycles. The third-order valence-corrected chi connectivity index (χ3v) is 3.68. The highest BCUT2D eigenvalue weighted by Gasteiger charge is 1.95. The van der Waals surface area contributed by atoms with E-state index in [1.54, 1.807) is 0 Å². The van der Waals surface area contributed by atoms with Crippen molar-refractivity contribution >= 4 is 5.91 Å². The van der Waals surface area contributed by atoms with Gasteiger partial charge in [-0.25, -0.2) is 0 Å². The lowest BCUT2D eigenvalue weighted by Crippen LogP contribution is -2.09. The van der Waals surface area contributed by atoms with Crippen LogP contribution in [0.3, 0.4) is 0 Å². The van der Waals surface area contributed by atoms with E-state index in [1.807, 2.05) is 0 Å². The predicted molar refractivity (Wildman–Crippen MR) is 88.6 cm³/mol. The molecular weight excluding hydrogens is 246 g/mol. The second-order valence-corrected chi connectivity index (χ2v) is 5.80. The molecule has 20 heavy (non-hydrogen) atoms. The Labute approximate surface area is 126 Å². The average Bonchev–Trinajstić information content (AvgIpc) is 2.43. The summed E-state index contributed by atoms with van der Waals surface area (Å²) >= 11 is 0. The fraction of sp³-hybridized carbons (Fsp3) is 0.833. The molecule has 0 saturated heterocycles. The van der Waals surface area contributed by atoms with Crippen molar-refractivity contribution in [1.82, 2.24) is 0 Å². The number of allylic oxidation sites excluding steroid dienone is 2. The van der Waals surface area contributed by atoms with Crippen molar-refractivity contribution in [3.63, 3.8) is 0 Å². The van der Waals surface area contributed by atoms with Gasteiger partial charge in [0.25, 0.3) is 0 Å². The van der Waals surface area contributed by atoms with Gasteiger partial charge in [-0.05, 0) is 32.1 Å². The van der Waals surface area contributed by atoms with E-state index in [1.165, 1.54) is 70.6 Å². The van der Waals surface area contributed by atoms with Gasteiger partial charge in [0, 0.05) is 6.42 Å². The lowest BCUT2D eigenvalue weighted by Gasteiger charge is -2.01. The van der Waals surface area contributed by atoms with Crippen molar-refractivity contribution in [3.05, 3.63) is 12.2 Å². The van der Waals surface area contributed by atoms with Gasteiger partial charge in [0.15, 0.2) is 0 Å². The van der Waals surface area contributed by atoms with E-state index in [-0.39, 0.29) is 5.91 Å². The van der Waals surface area contributed by atoms with Crippen LogP contribution in [0, 0.1) is 0 Å². The second-order valence-electron chi connectivity index (χ2n) is 5.80. The zero-order valence-electron chi connectivity index (χ0n) is 13.5. The van der Waals surface area contributed by atoms with E-state index in [2.05, 4.69) is 19.1 Å². The molecule has 0 saturated carbocycles. The number of amides is 1. The standard InChI is InChI=1S/C18H35NO/c1-2-3-4-5-6-7-8-9-10-11-12-13-14-15-16-17-18(19)20/h6-7H,2-5,8-17H2,1H3,(H2,19,20)/b7-6-. The molecule has 0 aliphatic rings. The molecule has 0 aliphatic heterocycles. The molecule has 0 bridgehead atoms. The molecule has 0 aromatic rings. The van der Waals surface area contributed by atoms with Gasteiger partial charge in [-0.15, -0.1) is 0 Å². The van der Waals surface area contributed by atoms with Crippen LogP contribution >= 0.6 is 0 Å². The fourth-order valence-electron chi connectivity index (χ4n) is 2.37. The molecule has 2 heteroatoms. The maximum absolute atomic E-state index is 10.5. The highest BCUT2D eigenvalue weighted by atomic mass is 16.1. The largest absolute Gasteiger partial charge is 0.370 e. The highest BCUT2D eigenvalue weighted by Crippen LogP contribution is 2.11. The van der Waals surface area contributed by atoms with Crippen LogP contribution in [0.4, 0.5) is 0 Å². The molecule has 0 fully saturated rings. The summed E-state index contributed by atoms with van der Waals surface area (Å²) in [6.45, 7) is 2.25. The van der Waals surface area contributed by atoms with Crippen LogP contribution in [0.5, 0.6) is 0 Å². The number of rotatable bonds is 15. The summed E-state index contributed by atoms with van der Waals surface area (Å²) in [6, 6.07) is 0. The number of hydrogen-bond donors (Lipinski definition) is 1. The lowest BCUT2D eigenvalue weighted by atomic mass is 10.1. The zero-order chi connectivity index (χ0) is 14.9. The smallest absolute Gasteiger partial charge is 0.217 e. The summed E-state index contributed by atoms with van der Waals surface area (Å²) in [7, 11) is 0. The molecule has 0 rings (SSSR count). The van der Waals surface area contributed by atoms with Crippen molar-refractivity contribution in [2.75, 3.05) is 0 Å². The van der Waals surface area contributed by atoms with E-state index in [0.29, 0.717) is 6.42 Å². The van der Waals surface area contributed by atoms with Gasteiger partial charge >= 0.3 is 0 Å². The van der Waals surface area contributed by atoms with E-state index >= 15 is 0 Å². The van der Waals surface area contributed by atoms with Crippen LogP contribution in [-0.4, -0.2) is 5.91 Å². The molecule has 0 atom stereocenters. The molecule has 0 unspecified atom stereocenters. The summed E-state index contributed by atoms with van der Waals surface area (Å²) in [5, 5.41) is 0. The molecule has 0 radical (unpaired) electrons. The van der Waals surface area contributed by atoms with E-state index in [0.717, 1.165) is 12.8 Å². The molecule has 0 aliphatic carbocycles. The summed E-state index contributed by atoms with van der Waals surface area (Å²) in [4.78, 5) is 10.5. The van der Waals surface area contributed by atoms with Gasteiger partial charge in [0.2, 0.25) is 5.91 Å². The number of primary amides is 1. The lowest BCUT2D eigenvalue weighted by molar-refractivity contribution is -0.118. The second kappa shape index (κ2) is 16.3. The van der Waals surface area contributed by atoms with Gasteiger partial charge in [0.05, 0.1) is 0 Å². The number of hydrogen-bond acceptors (Lipinski definition) is 1. The summed E-state index contributed by atoms with van der Waals surface area (Å²) in [5.74, 6) is -0.159. The highest BCUT2D eigenvalue weighted by molar-refractivity contribution is 5.73. The number of unbranched alkanes of at least 4 members (excludes halogenated alkanes) is 11. The maximum atomic E-state index is 10.5. The molecule has 0 spiro atoms. The number of carbonyl (C=O) groups is 1. The van der Waals surface area contributed by atoms with Crippen molar-refractivity contribution in [2.45, 2.75) is 96.8 Å². The first-order chi connectivity index (χ1) is 9.77. The fourth-order valence-corrected chi connectivity index (χ4v) is 2.37. The summed E-state index contributed by atoms with van der Waals surface area (Å²) in [6.07, 6.45) is 21.9. The quantitative estimate of drug-likeness (QED) is 0.312. The minimum absolute atomic E-state index is 0.159. The average molecular weight is 281 g/mol. The first-order valence-corrected chi connectivity index (χ1v) is 8.70. The Balaban J connectivity index is 3.04. The molecular formula is C18H35NO. The Morgan fingerprint density at radius 2 is 1.20 bits per heavy atom. The van der Waals surface area contributed by atoms with Crippen LogP contribution in [0.1, 0.15) is 96.8 Å². The molecule has 2 N–H and O–H groups in total. The van der Waals surface area contributed by atoms with Crippen LogP contribution in [0.25, 0.3) is 0 Å². The SMILES string of the molecule is CCCCC/C=C\CCCCCCCCCCC(N)=O. The zero-order valence-corrected chi connectivity index (χ0v) is 13.5. The van der Waals surface area contributed by atoms with Crippen LogP contribution in [0.15, 0.2) is 12.2 Å². The van der Waals surface area contributed by atoms with Gasteiger partial charge in [0.1, 0.15) is 0 Å². The molecule has 0 aromatic carbocycles. The normalized spacial score (nSPS) is 11.2. The van der Waals surface area contributed by atoms with Crippen molar-refractivity contribution in [2.24, 2.45) is 5.73 Å². The van der Waals surface area contributed by atoms with Crippen molar-refractivity contribution in [3.8, 4) is 0 Å². The Morgan fingerprint density at radius 3 is 1.70 bits per heavy atom. The minimum atomic E-state index is -0.159. The molecule has 0 heterocycles. The van der Waals surface area contributed by atoms with Crippen LogP contribution in [-0.2, 0) is 4.79 Å². The Kier molecular flexibility index (Phi) is 15.6. The summed E-state index contributed by atoms with van der Waals surface area (Å²) in [5.41, 5.74) is 5.10. The monoisotopic (exact) mass is 281 g/mol. The van der Waals surface area contributed by atoms with Gasteiger partial charge in [-0.2, -0.15) is 0 Å². The van der Waals surface area contributed by atoms with E-state index in [4.69, 9.17) is 5.73 Å². The van der Waals surface area contributed by atoms with Crippen LogP contribution < -0.4 is 5.73 Å². The molecule has 2 nitrogen and oxygen atoms in total. The summed E-state index contributed by atoms with van der Waals surface area (Å²) < 4.78 is 0. The van der Waals surface area contributed by atoms with Gasteiger partial charge in [-0.1, -0.05) is 70.4 Å². The van der Waals surface area contributed by atoms with Crippen molar-refractivity contribution in [1.29, 1.82) is 0 Å². The molecule has 118 valence electrons. The maximum Gasteiger partial charge on any atom is 0.217 e. The van der Waals surface area contributed by atoms with Gasteiger partial charge in [-0.3, -0.25) is 4.79 Å². The van der Waals surface area contributed by atoms with E-state index < -0.39 is 0 Å². The van der Waals surface area contributed by atoms with Crippen molar-refractivity contribution < 1.29 is 4.79 Å². The first kappa shape index (κ1) is 19.2. The topological polar surface area (TPSA) is 43.1 Å². The Bertz CT molecular complexity index is 236. The third-order valence-electron chi connectivity index (χ3n) is 3.68. The molecule has 1 amide bonds. The Hall–Kier alpha value is -0.790. The van der Waals surface area contributed by atoms with E-state index in [9.17, 15) is 4.79 Å². The third kappa shape index (κ3) is 17.2.